The third-order valence-electron chi connectivity index (χ3n) is 3.11. The Labute approximate surface area is 112 Å². The number of hydrazine groups is 1. The van der Waals surface area contributed by atoms with Gasteiger partial charge in [0.1, 0.15) is 0 Å². The van der Waals surface area contributed by atoms with Gasteiger partial charge < -0.3 is 0 Å². The van der Waals surface area contributed by atoms with Crippen LogP contribution >= 0.6 is 0 Å². The molecule has 0 spiro atoms. The lowest BCUT2D eigenvalue weighted by Crippen LogP contribution is -2.39. The maximum Gasteiger partial charge on any atom is 0.269 e. The molecular weight excluding hydrogens is 236 g/mol. The molecule has 0 fully saturated rings. The second kappa shape index (κ2) is 4.98. The summed E-state index contributed by atoms with van der Waals surface area (Å²) in [6.45, 7) is 0.686. The van der Waals surface area contributed by atoms with Gasteiger partial charge in [-0.05, 0) is 29.3 Å². The SMILES string of the molecule is O=C(NN1C=Cc2ccccc2C1)c1ccccc1. The number of benzene rings is 2. The number of hydrogen-bond acceptors (Lipinski definition) is 2. The third kappa shape index (κ3) is 2.50. The summed E-state index contributed by atoms with van der Waals surface area (Å²) in [5.74, 6) is -0.0929. The van der Waals surface area contributed by atoms with Crippen LogP contribution in [0.2, 0.25) is 0 Å². The molecule has 3 nitrogen and oxygen atoms in total. The Balaban J connectivity index is 1.72. The Morgan fingerprint density at radius 2 is 1.74 bits per heavy atom. The summed E-state index contributed by atoms with van der Waals surface area (Å²) in [7, 11) is 0. The monoisotopic (exact) mass is 250 g/mol. The second-order valence-electron chi connectivity index (χ2n) is 4.45. The number of rotatable bonds is 2. The minimum atomic E-state index is -0.0929. The zero-order chi connectivity index (χ0) is 13.1. The Morgan fingerprint density at radius 3 is 2.58 bits per heavy atom. The van der Waals surface area contributed by atoms with Gasteiger partial charge in [0.2, 0.25) is 0 Å². The van der Waals surface area contributed by atoms with E-state index in [2.05, 4.69) is 17.6 Å². The topological polar surface area (TPSA) is 32.3 Å². The van der Waals surface area contributed by atoms with Crippen molar-refractivity contribution in [3.8, 4) is 0 Å². The molecule has 2 aromatic carbocycles. The summed E-state index contributed by atoms with van der Waals surface area (Å²) in [6.07, 6.45) is 3.90. The molecule has 0 aromatic heterocycles. The molecule has 94 valence electrons. The van der Waals surface area contributed by atoms with Crippen molar-refractivity contribution in [1.29, 1.82) is 0 Å². The zero-order valence-corrected chi connectivity index (χ0v) is 10.4. The van der Waals surface area contributed by atoms with E-state index in [1.807, 2.05) is 42.6 Å². The van der Waals surface area contributed by atoms with E-state index in [0.29, 0.717) is 12.1 Å². The van der Waals surface area contributed by atoms with E-state index in [9.17, 15) is 4.79 Å². The van der Waals surface area contributed by atoms with Gasteiger partial charge in [-0.1, -0.05) is 42.5 Å². The van der Waals surface area contributed by atoms with Crippen molar-refractivity contribution in [3.05, 3.63) is 77.5 Å². The van der Waals surface area contributed by atoms with Crippen LogP contribution in [0.3, 0.4) is 0 Å². The lowest BCUT2D eigenvalue weighted by Gasteiger charge is -2.25. The molecule has 1 aliphatic heterocycles. The quantitative estimate of drug-likeness (QED) is 0.889. The van der Waals surface area contributed by atoms with E-state index < -0.39 is 0 Å². The fourth-order valence-electron chi connectivity index (χ4n) is 2.11. The van der Waals surface area contributed by atoms with Crippen molar-refractivity contribution >= 4 is 12.0 Å². The first-order chi connectivity index (χ1) is 9.33. The van der Waals surface area contributed by atoms with Gasteiger partial charge in [0.15, 0.2) is 0 Å². The fraction of sp³-hybridized carbons (Fsp3) is 0.0625. The van der Waals surface area contributed by atoms with E-state index in [4.69, 9.17) is 0 Å². The van der Waals surface area contributed by atoms with E-state index in [0.717, 1.165) is 0 Å². The van der Waals surface area contributed by atoms with Gasteiger partial charge in [0.25, 0.3) is 5.91 Å². The molecule has 0 atom stereocenters. The van der Waals surface area contributed by atoms with Crippen molar-refractivity contribution in [1.82, 2.24) is 10.4 Å². The number of amides is 1. The Kier molecular flexibility index (Phi) is 3.02. The summed E-state index contributed by atoms with van der Waals surface area (Å²) in [5.41, 5.74) is 5.95. The maximum absolute atomic E-state index is 12.0. The van der Waals surface area contributed by atoms with Crippen molar-refractivity contribution in [3.63, 3.8) is 0 Å². The van der Waals surface area contributed by atoms with Gasteiger partial charge in [0.05, 0.1) is 6.54 Å². The number of carbonyl (C=O) groups excluding carboxylic acids is 1. The molecule has 0 aliphatic carbocycles. The molecule has 1 N–H and O–H groups in total. The summed E-state index contributed by atoms with van der Waals surface area (Å²) in [6, 6.07) is 17.4. The number of nitrogens with one attached hydrogen (secondary N) is 1. The molecule has 0 radical (unpaired) electrons. The van der Waals surface area contributed by atoms with Crippen molar-refractivity contribution in [2.75, 3.05) is 0 Å². The molecule has 1 aliphatic rings. The highest BCUT2D eigenvalue weighted by molar-refractivity contribution is 5.93. The van der Waals surface area contributed by atoms with E-state index in [-0.39, 0.29) is 5.91 Å². The van der Waals surface area contributed by atoms with Gasteiger partial charge in [-0.2, -0.15) is 0 Å². The molecule has 3 heteroatoms. The minimum absolute atomic E-state index is 0.0929. The molecule has 1 heterocycles. The van der Waals surface area contributed by atoms with Crippen LogP contribution in [0.15, 0.2) is 60.8 Å². The van der Waals surface area contributed by atoms with Gasteiger partial charge >= 0.3 is 0 Å². The predicted molar refractivity (Wildman–Crippen MR) is 74.9 cm³/mol. The van der Waals surface area contributed by atoms with Crippen LogP contribution in [0.4, 0.5) is 0 Å². The normalized spacial score (nSPS) is 12.9. The van der Waals surface area contributed by atoms with Crippen LogP contribution < -0.4 is 5.43 Å². The van der Waals surface area contributed by atoms with E-state index in [1.165, 1.54) is 11.1 Å². The highest BCUT2D eigenvalue weighted by Gasteiger charge is 2.12. The van der Waals surface area contributed by atoms with Crippen LogP contribution in [-0.2, 0) is 6.54 Å². The maximum atomic E-state index is 12.0. The van der Waals surface area contributed by atoms with Gasteiger partial charge in [-0.15, -0.1) is 0 Å². The van der Waals surface area contributed by atoms with E-state index >= 15 is 0 Å². The standard InChI is InChI=1S/C16H14N2O/c19-16(14-7-2-1-3-8-14)17-18-11-10-13-6-4-5-9-15(13)12-18/h1-11H,12H2,(H,17,19). The summed E-state index contributed by atoms with van der Waals surface area (Å²) >= 11 is 0. The number of fused-ring (bicyclic) bond motifs is 1. The van der Waals surface area contributed by atoms with Crippen LogP contribution in [-0.4, -0.2) is 10.9 Å². The number of nitrogens with zero attached hydrogens (tertiary/aromatic N) is 1. The first-order valence-electron chi connectivity index (χ1n) is 6.22. The van der Waals surface area contributed by atoms with Crippen LogP contribution in [0.5, 0.6) is 0 Å². The molecule has 0 unspecified atom stereocenters. The average Bonchev–Trinajstić information content (AvgIpc) is 2.48. The molecule has 0 bridgehead atoms. The van der Waals surface area contributed by atoms with Crippen molar-refractivity contribution < 1.29 is 4.79 Å². The predicted octanol–water partition coefficient (Wildman–Crippen LogP) is 2.82. The lowest BCUT2D eigenvalue weighted by atomic mass is 10.1. The second-order valence-corrected chi connectivity index (χ2v) is 4.45. The molecule has 3 rings (SSSR count). The smallest absolute Gasteiger partial charge is 0.269 e. The molecular formula is C16H14N2O. The summed E-state index contributed by atoms with van der Waals surface area (Å²) in [5, 5.41) is 1.80. The van der Waals surface area contributed by atoms with Gasteiger partial charge in [-0.3, -0.25) is 15.2 Å². The molecule has 0 saturated carbocycles. The van der Waals surface area contributed by atoms with Crippen molar-refractivity contribution in [2.45, 2.75) is 6.54 Å². The van der Waals surface area contributed by atoms with Crippen LogP contribution in [0.1, 0.15) is 21.5 Å². The number of hydrogen-bond donors (Lipinski definition) is 1. The molecule has 19 heavy (non-hydrogen) atoms. The Bertz CT molecular complexity index is 620. The third-order valence-corrected chi connectivity index (χ3v) is 3.11. The highest BCUT2D eigenvalue weighted by Crippen LogP contribution is 2.17. The lowest BCUT2D eigenvalue weighted by molar-refractivity contribution is 0.0844. The van der Waals surface area contributed by atoms with Gasteiger partial charge in [0, 0.05) is 11.8 Å². The van der Waals surface area contributed by atoms with Gasteiger partial charge in [-0.25, -0.2) is 0 Å². The largest absolute Gasteiger partial charge is 0.288 e. The Morgan fingerprint density at radius 1 is 1.00 bits per heavy atom. The number of carbonyl (C=O) groups is 1. The van der Waals surface area contributed by atoms with Crippen molar-refractivity contribution in [2.24, 2.45) is 0 Å². The van der Waals surface area contributed by atoms with Crippen LogP contribution in [0.25, 0.3) is 6.08 Å². The molecule has 0 saturated heterocycles. The molecule has 2 aromatic rings. The van der Waals surface area contributed by atoms with Crippen LogP contribution in [0, 0.1) is 0 Å². The van der Waals surface area contributed by atoms with E-state index in [1.54, 1.807) is 17.1 Å². The summed E-state index contributed by atoms with van der Waals surface area (Å²) in [4.78, 5) is 12.0. The first kappa shape index (κ1) is 11.5. The highest BCUT2D eigenvalue weighted by atomic mass is 16.2. The Hall–Kier alpha value is -2.55. The minimum Gasteiger partial charge on any atom is -0.288 e. The fourth-order valence-corrected chi connectivity index (χ4v) is 2.11. The molecule has 1 amide bonds. The zero-order valence-electron chi connectivity index (χ0n) is 10.4. The average molecular weight is 250 g/mol. The first-order valence-corrected chi connectivity index (χ1v) is 6.22. The summed E-state index contributed by atoms with van der Waals surface area (Å²) < 4.78 is 0.